The van der Waals surface area contributed by atoms with Crippen molar-refractivity contribution in [3.8, 4) is 17.0 Å². The molecule has 0 aliphatic rings. The summed E-state index contributed by atoms with van der Waals surface area (Å²) in [7, 11) is 0. The van der Waals surface area contributed by atoms with E-state index in [4.69, 9.17) is 0 Å². The zero-order valence-corrected chi connectivity index (χ0v) is 17.7. The molecule has 31 heavy (non-hydrogen) atoms. The van der Waals surface area contributed by atoms with Crippen LogP contribution < -0.4 is 16.0 Å². The van der Waals surface area contributed by atoms with Gasteiger partial charge in [-0.05, 0) is 40.2 Å². The van der Waals surface area contributed by atoms with E-state index in [1.807, 2.05) is 6.07 Å². The fourth-order valence-corrected chi connectivity index (χ4v) is 3.33. The normalized spacial score (nSPS) is 10.8. The van der Waals surface area contributed by atoms with E-state index in [9.17, 15) is 14.3 Å². The predicted octanol–water partition coefficient (Wildman–Crippen LogP) is 4.24. The van der Waals surface area contributed by atoms with Crippen LogP contribution in [0.15, 0.2) is 65.3 Å². The lowest BCUT2D eigenvalue weighted by atomic mass is 10.1. The highest BCUT2D eigenvalue weighted by Crippen LogP contribution is 2.30. The molecule has 0 aliphatic heterocycles. The molecule has 0 spiro atoms. The molecule has 0 saturated heterocycles. The molecule has 0 aliphatic carbocycles. The molecular formula is C21H18BrFN6O2. The summed E-state index contributed by atoms with van der Waals surface area (Å²) < 4.78 is 15.9. The SMILES string of the molecule is O=C(NCCNc1cc(-c2ccccc2O)nc2c(Br)cnn12)Nc1ccccc1F. The van der Waals surface area contributed by atoms with Crippen molar-refractivity contribution in [2.45, 2.75) is 0 Å². The summed E-state index contributed by atoms with van der Waals surface area (Å²) in [5, 5.41) is 22.8. The summed E-state index contributed by atoms with van der Waals surface area (Å²) in [6, 6.07) is 14.1. The Morgan fingerprint density at radius 2 is 1.90 bits per heavy atom. The maximum absolute atomic E-state index is 13.6. The molecule has 2 aromatic heterocycles. The van der Waals surface area contributed by atoms with Crippen LogP contribution in [0.2, 0.25) is 0 Å². The van der Waals surface area contributed by atoms with Gasteiger partial charge in [0, 0.05) is 24.7 Å². The summed E-state index contributed by atoms with van der Waals surface area (Å²) in [6.07, 6.45) is 1.63. The number of hydrogen-bond donors (Lipinski definition) is 4. The third-order valence-electron chi connectivity index (χ3n) is 4.45. The van der Waals surface area contributed by atoms with Gasteiger partial charge < -0.3 is 21.1 Å². The summed E-state index contributed by atoms with van der Waals surface area (Å²) in [4.78, 5) is 16.6. The Labute approximate surface area is 185 Å². The molecule has 4 N–H and O–H groups in total. The van der Waals surface area contributed by atoms with Gasteiger partial charge in [0.05, 0.1) is 22.1 Å². The van der Waals surface area contributed by atoms with Gasteiger partial charge in [0.15, 0.2) is 5.65 Å². The molecule has 0 bridgehead atoms. The van der Waals surface area contributed by atoms with Crippen LogP contribution in [0, 0.1) is 5.82 Å². The highest BCUT2D eigenvalue weighted by atomic mass is 79.9. The number of rotatable bonds is 6. The smallest absolute Gasteiger partial charge is 0.319 e. The largest absolute Gasteiger partial charge is 0.507 e. The Kier molecular flexibility index (Phi) is 5.99. The second-order valence-electron chi connectivity index (χ2n) is 6.56. The molecule has 0 unspecified atom stereocenters. The number of nitrogens with one attached hydrogen (secondary N) is 3. The van der Waals surface area contributed by atoms with E-state index in [0.29, 0.717) is 33.7 Å². The van der Waals surface area contributed by atoms with E-state index < -0.39 is 11.8 Å². The van der Waals surface area contributed by atoms with Gasteiger partial charge >= 0.3 is 6.03 Å². The fourth-order valence-electron chi connectivity index (χ4n) is 2.99. The number of anilines is 2. The Bertz CT molecular complexity index is 1250. The summed E-state index contributed by atoms with van der Waals surface area (Å²) >= 11 is 3.43. The Morgan fingerprint density at radius 1 is 1.13 bits per heavy atom. The Balaban J connectivity index is 1.45. The van der Waals surface area contributed by atoms with E-state index in [1.54, 1.807) is 47.1 Å². The average Bonchev–Trinajstić information content (AvgIpc) is 3.14. The van der Waals surface area contributed by atoms with Crippen LogP contribution in [0.3, 0.4) is 0 Å². The van der Waals surface area contributed by atoms with E-state index >= 15 is 0 Å². The lowest BCUT2D eigenvalue weighted by Crippen LogP contribution is -2.33. The number of para-hydroxylation sites is 2. The van der Waals surface area contributed by atoms with Crippen LogP contribution >= 0.6 is 15.9 Å². The molecule has 10 heteroatoms. The molecule has 0 saturated carbocycles. The van der Waals surface area contributed by atoms with Gasteiger partial charge in [0.2, 0.25) is 0 Å². The quantitative estimate of drug-likeness (QED) is 0.306. The molecule has 158 valence electrons. The highest BCUT2D eigenvalue weighted by molar-refractivity contribution is 9.10. The lowest BCUT2D eigenvalue weighted by Gasteiger charge is -2.12. The van der Waals surface area contributed by atoms with Gasteiger partial charge in [-0.1, -0.05) is 24.3 Å². The minimum Gasteiger partial charge on any atom is -0.507 e. The zero-order valence-electron chi connectivity index (χ0n) is 16.1. The number of aromatic hydroxyl groups is 1. The van der Waals surface area contributed by atoms with Crippen molar-refractivity contribution in [1.29, 1.82) is 0 Å². The van der Waals surface area contributed by atoms with Crippen LogP contribution in [0.1, 0.15) is 0 Å². The number of urea groups is 1. The van der Waals surface area contributed by atoms with Crippen molar-refractivity contribution < 1.29 is 14.3 Å². The molecule has 4 rings (SSSR count). The Hall–Kier alpha value is -3.66. The third kappa shape index (κ3) is 4.58. The fraction of sp³-hybridized carbons (Fsp3) is 0.0952. The van der Waals surface area contributed by atoms with E-state index in [2.05, 4.69) is 42.0 Å². The van der Waals surface area contributed by atoms with Crippen molar-refractivity contribution in [2.75, 3.05) is 23.7 Å². The molecule has 0 atom stereocenters. The van der Waals surface area contributed by atoms with Gasteiger partial charge in [0.25, 0.3) is 0 Å². The number of hydrogen-bond acceptors (Lipinski definition) is 5. The minimum atomic E-state index is -0.511. The van der Waals surface area contributed by atoms with Crippen molar-refractivity contribution in [2.24, 2.45) is 0 Å². The van der Waals surface area contributed by atoms with E-state index in [1.165, 1.54) is 12.1 Å². The second kappa shape index (κ2) is 9.00. The molecule has 2 heterocycles. The van der Waals surface area contributed by atoms with E-state index in [-0.39, 0.29) is 18.0 Å². The number of fused-ring (bicyclic) bond motifs is 1. The van der Waals surface area contributed by atoms with Gasteiger partial charge in [-0.3, -0.25) is 0 Å². The first kappa shape index (κ1) is 20.6. The number of carbonyl (C=O) groups is 1. The van der Waals surface area contributed by atoms with Gasteiger partial charge in [0.1, 0.15) is 17.4 Å². The van der Waals surface area contributed by atoms with Crippen LogP contribution in [0.4, 0.5) is 20.7 Å². The molecular weight excluding hydrogens is 467 g/mol. The van der Waals surface area contributed by atoms with E-state index in [0.717, 1.165) is 0 Å². The van der Waals surface area contributed by atoms with Crippen molar-refractivity contribution >= 4 is 39.1 Å². The molecule has 0 radical (unpaired) electrons. The first-order valence-electron chi connectivity index (χ1n) is 9.39. The first-order valence-corrected chi connectivity index (χ1v) is 10.2. The van der Waals surface area contributed by atoms with Crippen LogP contribution in [-0.4, -0.2) is 38.8 Å². The number of amides is 2. The van der Waals surface area contributed by atoms with Crippen LogP contribution in [0.5, 0.6) is 5.75 Å². The minimum absolute atomic E-state index is 0.109. The standard InChI is InChI=1S/C21H18BrFN6O2/c22-14-12-26-29-19(11-17(27-20(14)29)13-5-1-4-8-18(13)30)24-9-10-25-21(31)28-16-7-3-2-6-15(16)23/h1-8,11-12,24,30H,9-10H2,(H2,25,28,31). The molecule has 8 nitrogen and oxygen atoms in total. The topological polar surface area (TPSA) is 104 Å². The number of phenols is 1. The lowest BCUT2D eigenvalue weighted by molar-refractivity contribution is 0.252. The second-order valence-corrected chi connectivity index (χ2v) is 7.41. The van der Waals surface area contributed by atoms with Crippen molar-refractivity contribution in [3.63, 3.8) is 0 Å². The zero-order chi connectivity index (χ0) is 21.8. The van der Waals surface area contributed by atoms with Crippen LogP contribution in [-0.2, 0) is 0 Å². The predicted molar refractivity (Wildman–Crippen MR) is 120 cm³/mol. The highest BCUT2D eigenvalue weighted by Gasteiger charge is 2.13. The average molecular weight is 485 g/mol. The number of benzene rings is 2. The number of phenolic OH excluding ortho intramolecular Hbond substituents is 1. The van der Waals surface area contributed by atoms with Crippen molar-refractivity contribution in [3.05, 3.63) is 71.1 Å². The maximum atomic E-state index is 13.6. The maximum Gasteiger partial charge on any atom is 0.319 e. The molecule has 4 aromatic rings. The number of carbonyl (C=O) groups excluding carboxylic acids is 1. The summed E-state index contributed by atoms with van der Waals surface area (Å²) in [6.45, 7) is 0.653. The first-order chi connectivity index (χ1) is 15.0. The van der Waals surface area contributed by atoms with Crippen molar-refractivity contribution in [1.82, 2.24) is 19.9 Å². The van der Waals surface area contributed by atoms with Crippen LogP contribution in [0.25, 0.3) is 16.9 Å². The third-order valence-corrected chi connectivity index (χ3v) is 5.01. The van der Waals surface area contributed by atoms with Gasteiger partial charge in [-0.2, -0.15) is 9.61 Å². The number of aromatic nitrogens is 3. The monoisotopic (exact) mass is 484 g/mol. The number of nitrogens with zero attached hydrogens (tertiary/aromatic N) is 3. The number of halogens is 2. The summed E-state index contributed by atoms with van der Waals surface area (Å²) in [5.74, 6) is 0.244. The van der Waals surface area contributed by atoms with Gasteiger partial charge in [-0.25, -0.2) is 14.2 Å². The molecule has 2 amide bonds. The summed E-state index contributed by atoms with van der Waals surface area (Å²) in [5.41, 5.74) is 1.84. The molecule has 0 fully saturated rings. The van der Waals surface area contributed by atoms with Gasteiger partial charge in [-0.15, -0.1) is 0 Å². The Morgan fingerprint density at radius 3 is 2.71 bits per heavy atom. The molecule has 2 aromatic carbocycles.